The molecule has 0 saturated heterocycles. The van der Waals surface area contributed by atoms with Crippen LogP contribution in [0.3, 0.4) is 0 Å². The lowest BCUT2D eigenvalue weighted by atomic mass is 10.1. The monoisotopic (exact) mass is 328 g/mol. The van der Waals surface area contributed by atoms with Crippen molar-refractivity contribution in [1.82, 2.24) is 0 Å². The summed E-state index contributed by atoms with van der Waals surface area (Å²) in [6.45, 7) is -0.235. The maximum absolute atomic E-state index is 12.9. The van der Waals surface area contributed by atoms with E-state index in [2.05, 4.69) is 4.74 Å². The molecule has 0 saturated carbocycles. The Hall–Kier alpha value is -3.15. The molecular formula is C18H13FO5. The molecule has 2 aromatic rings. The molecule has 0 bridgehead atoms. The Kier molecular flexibility index (Phi) is 4.29. The number of ether oxygens (including phenoxy) is 3. The van der Waals surface area contributed by atoms with Gasteiger partial charge in [-0.25, -0.2) is 9.18 Å². The van der Waals surface area contributed by atoms with Crippen LogP contribution in [0.15, 0.2) is 48.2 Å². The van der Waals surface area contributed by atoms with Gasteiger partial charge in [-0.1, -0.05) is 12.1 Å². The van der Waals surface area contributed by atoms with Crippen LogP contribution < -0.4 is 9.47 Å². The highest BCUT2D eigenvalue weighted by Crippen LogP contribution is 2.34. The summed E-state index contributed by atoms with van der Waals surface area (Å²) in [6.07, 6.45) is 1.54. The summed E-state index contributed by atoms with van der Waals surface area (Å²) in [7, 11) is 1.27. The number of carbonyl (C=O) groups excluding carboxylic acids is 2. The number of hydrogen-bond acceptors (Lipinski definition) is 5. The highest BCUT2D eigenvalue weighted by atomic mass is 19.1. The van der Waals surface area contributed by atoms with Gasteiger partial charge in [-0.2, -0.15) is 0 Å². The highest BCUT2D eigenvalue weighted by molar-refractivity contribution is 6.14. The summed E-state index contributed by atoms with van der Waals surface area (Å²) in [6, 6.07) is 10.4. The fraction of sp³-hybridized carbons (Fsp3) is 0.111. The van der Waals surface area contributed by atoms with Crippen molar-refractivity contribution < 1.29 is 28.2 Å². The number of allylic oxidation sites excluding steroid dienone is 1. The van der Waals surface area contributed by atoms with Crippen LogP contribution in [-0.2, 0) is 9.53 Å². The first kappa shape index (κ1) is 15.7. The van der Waals surface area contributed by atoms with Gasteiger partial charge in [-0.15, -0.1) is 0 Å². The van der Waals surface area contributed by atoms with E-state index in [4.69, 9.17) is 9.47 Å². The summed E-state index contributed by atoms with van der Waals surface area (Å²) in [5.41, 5.74) is 1.04. The SMILES string of the molecule is COC(=O)COc1ccc2c(c1)O/C(=C\c1ccc(F)cc1)C2=O. The van der Waals surface area contributed by atoms with Gasteiger partial charge in [0.1, 0.15) is 17.3 Å². The van der Waals surface area contributed by atoms with E-state index < -0.39 is 5.97 Å². The van der Waals surface area contributed by atoms with Crippen LogP contribution >= 0.6 is 0 Å². The maximum atomic E-state index is 12.9. The number of halogens is 1. The minimum atomic E-state index is -0.510. The van der Waals surface area contributed by atoms with Crippen molar-refractivity contribution in [2.45, 2.75) is 0 Å². The van der Waals surface area contributed by atoms with E-state index in [1.165, 1.54) is 31.4 Å². The van der Waals surface area contributed by atoms with Gasteiger partial charge in [0.05, 0.1) is 12.7 Å². The van der Waals surface area contributed by atoms with E-state index in [0.717, 1.165) is 0 Å². The fourth-order valence-corrected chi connectivity index (χ4v) is 2.17. The smallest absolute Gasteiger partial charge is 0.343 e. The van der Waals surface area contributed by atoms with Crippen LogP contribution in [-0.4, -0.2) is 25.5 Å². The van der Waals surface area contributed by atoms with E-state index in [1.54, 1.807) is 24.3 Å². The van der Waals surface area contributed by atoms with Crippen LogP contribution in [0.2, 0.25) is 0 Å². The average Bonchev–Trinajstić information content (AvgIpc) is 2.90. The van der Waals surface area contributed by atoms with Gasteiger partial charge in [0, 0.05) is 6.07 Å². The summed E-state index contributed by atoms with van der Waals surface area (Å²) < 4.78 is 28.2. The Morgan fingerprint density at radius 1 is 1.21 bits per heavy atom. The molecule has 1 heterocycles. The summed E-state index contributed by atoms with van der Waals surface area (Å²) in [4.78, 5) is 23.4. The van der Waals surface area contributed by atoms with Gasteiger partial charge in [0.25, 0.3) is 0 Å². The molecule has 0 fully saturated rings. The number of methoxy groups -OCH3 is 1. The van der Waals surface area contributed by atoms with Gasteiger partial charge in [0.15, 0.2) is 12.4 Å². The lowest BCUT2D eigenvalue weighted by Crippen LogP contribution is -2.12. The van der Waals surface area contributed by atoms with Gasteiger partial charge in [-0.3, -0.25) is 4.79 Å². The Morgan fingerprint density at radius 2 is 1.96 bits per heavy atom. The predicted molar refractivity (Wildman–Crippen MR) is 83.3 cm³/mol. The molecule has 0 spiro atoms. The third-order valence-electron chi connectivity index (χ3n) is 3.39. The molecule has 6 heteroatoms. The fourth-order valence-electron chi connectivity index (χ4n) is 2.17. The molecule has 0 N–H and O–H groups in total. The van der Waals surface area contributed by atoms with Crippen molar-refractivity contribution in [1.29, 1.82) is 0 Å². The molecule has 1 aliphatic heterocycles. The molecule has 122 valence electrons. The second kappa shape index (κ2) is 6.54. The second-order valence-corrected chi connectivity index (χ2v) is 5.01. The van der Waals surface area contributed by atoms with Crippen LogP contribution in [0.5, 0.6) is 11.5 Å². The molecule has 0 radical (unpaired) electrons. The number of rotatable bonds is 4. The van der Waals surface area contributed by atoms with Crippen molar-refractivity contribution in [2.75, 3.05) is 13.7 Å². The zero-order chi connectivity index (χ0) is 17.1. The van der Waals surface area contributed by atoms with Crippen LogP contribution in [0.1, 0.15) is 15.9 Å². The summed E-state index contributed by atoms with van der Waals surface area (Å²) in [5, 5.41) is 0. The Morgan fingerprint density at radius 3 is 2.67 bits per heavy atom. The molecule has 2 aromatic carbocycles. The number of fused-ring (bicyclic) bond motifs is 1. The van der Waals surface area contributed by atoms with Gasteiger partial charge in [-0.05, 0) is 35.9 Å². The van der Waals surface area contributed by atoms with E-state index in [9.17, 15) is 14.0 Å². The topological polar surface area (TPSA) is 61.8 Å². The number of ketones is 1. The standard InChI is InChI=1S/C18H13FO5/c1-22-17(20)10-23-13-6-7-14-15(9-13)24-16(18(14)21)8-11-2-4-12(19)5-3-11/h2-9H,10H2,1H3/b16-8-. The molecule has 3 rings (SSSR count). The Labute approximate surface area is 137 Å². The maximum Gasteiger partial charge on any atom is 0.343 e. The first-order chi connectivity index (χ1) is 11.6. The molecular weight excluding hydrogens is 315 g/mol. The predicted octanol–water partition coefficient (Wildman–Crippen LogP) is 2.99. The minimum Gasteiger partial charge on any atom is -0.482 e. The quantitative estimate of drug-likeness (QED) is 0.638. The van der Waals surface area contributed by atoms with Crippen LogP contribution in [0, 0.1) is 5.82 Å². The van der Waals surface area contributed by atoms with Gasteiger partial charge >= 0.3 is 5.97 Å². The molecule has 0 amide bonds. The average molecular weight is 328 g/mol. The normalized spacial score (nSPS) is 14.2. The lowest BCUT2D eigenvalue weighted by molar-refractivity contribution is -0.142. The van der Waals surface area contributed by atoms with Crippen molar-refractivity contribution in [3.05, 3.63) is 65.2 Å². The molecule has 0 atom stereocenters. The van der Waals surface area contributed by atoms with Crippen molar-refractivity contribution in [3.63, 3.8) is 0 Å². The largest absolute Gasteiger partial charge is 0.482 e. The number of carbonyl (C=O) groups is 2. The number of esters is 1. The summed E-state index contributed by atoms with van der Waals surface area (Å²) in [5.74, 6) is -0.267. The van der Waals surface area contributed by atoms with Crippen molar-refractivity contribution >= 4 is 17.8 Å². The molecule has 24 heavy (non-hydrogen) atoms. The van der Waals surface area contributed by atoms with Crippen LogP contribution in [0.4, 0.5) is 4.39 Å². The number of Topliss-reactive ketones (excluding diaryl/α,β-unsaturated/α-hetero) is 1. The Balaban J connectivity index is 1.79. The molecule has 0 aliphatic carbocycles. The first-order valence-corrected chi connectivity index (χ1v) is 7.10. The molecule has 1 aliphatic rings. The van der Waals surface area contributed by atoms with Crippen molar-refractivity contribution in [3.8, 4) is 11.5 Å². The minimum absolute atomic E-state index is 0.140. The van der Waals surface area contributed by atoms with E-state index in [1.807, 2.05) is 0 Å². The Bertz CT molecular complexity index is 824. The zero-order valence-electron chi connectivity index (χ0n) is 12.7. The lowest BCUT2D eigenvalue weighted by Gasteiger charge is -2.05. The van der Waals surface area contributed by atoms with Gasteiger partial charge < -0.3 is 14.2 Å². The summed E-state index contributed by atoms with van der Waals surface area (Å²) >= 11 is 0. The number of hydrogen-bond donors (Lipinski definition) is 0. The molecule has 0 unspecified atom stereocenters. The van der Waals surface area contributed by atoms with E-state index in [0.29, 0.717) is 22.6 Å². The van der Waals surface area contributed by atoms with Gasteiger partial charge in [0.2, 0.25) is 5.78 Å². The second-order valence-electron chi connectivity index (χ2n) is 5.01. The third-order valence-corrected chi connectivity index (χ3v) is 3.39. The number of benzene rings is 2. The van der Waals surface area contributed by atoms with E-state index in [-0.39, 0.29) is 24.0 Å². The first-order valence-electron chi connectivity index (χ1n) is 7.10. The van der Waals surface area contributed by atoms with Crippen LogP contribution in [0.25, 0.3) is 6.08 Å². The molecule has 0 aromatic heterocycles. The third kappa shape index (κ3) is 3.27. The van der Waals surface area contributed by atoms with E-state index >= 15 is 0 Å². The zero-order valence-corrected chi connectivity index (χ0v) is 12.7. The highest BCUT2D eigenvalue weighted by Gasteiger charge is 2.27. The molecule has 5 nitrogen and oxygen atoms in total. The van der Waals surface area contributed by atoms with Crippen molar-refractivity contribution in [2.24, 2.45) is 0 Å².